The number of likely N-dealkylation sites (N-methyl/N-ethyl adjacent to an activating group) is 1. The second kappa shape index (κ2) is 39.1. The third-order valence-electron chi connectivity index (χ3n) is 10.1. The van der Waals surface area contributed by atoms with E-state index in [2.05, 4.69) is 26.0 Å². The average molecular weight is 789 g/mol. The van der Waals surface area contributed by atoms with Gasteiger partial charge in [0.1, 0.15) is 19.3 Å². The van der Waals surface area contributed by atoms with E-state index in [0.29, 0.717) is 24.1 Å². The number of nitrogens with zero attached hydrogens (tertiary/aromatic N) is 1. The molecule has 8 nitrogen and oxygen atoms in total. The minimum absolute atomic E-state index is 0.0917. The van der Waals surface area contributed by atoms with Gasteiger partial charge in [0.25, 0.3) is 0 Å². The van der Waals surface area contributed by atoms with Gasteiger partial charge in [-0.05, 0) is 38.5 Å². The first-order valence-corrected chi connectivity index (χ1v) is 24.4. The predicted octanol–water partition coefficient (Wildman–Crippen LogP) is 13.4. The molecule has 0 aliphatic carbocycles. The summed E-state index contributed by atoms with van der Waals surface area (Å²) in [5.41, 5.74) is 0. The Morgan fingerprint density at radius 1 is 0.556 bits per heavy atom. The number of esters is 1. The largest absolute Gasteiger partial charge is 0.472 e. The van der Waals surface area contributed by atoms with Crippen LogP contribution in [0.3, 0.4) is 0 Å². The standard InChI is InChI=1S/C45H90NO7P/c1-6-8-10-12-14-16-18-20-21-22-23-24-25-26-27-29-31-33-35-37-40-50-42-44(43-52-54(48,49)51-41-39-46(3,4)5)53-45(47)38-36-34-32-30-28-19-17-15-13-11-9-7-2/h20-21,44H,6-19,22-43H2,1-5H3/p+1/b21-20-. The number of phosphoric ester groups is 1. The third kappa shape index (κ3) is 42.4. The lowest BCUT2D eigenvalue weighted by Crippen LogP contribution is -2.37. The predicted molar refractivity (Wildman–Crippen MR) is 229 cm³/mol. The fourth-order valence-electron chi connectivity index (χ4n) is 6.49. The number of quaternary nitrogens is 1. The van der Waals surface area contributed by atoms with Crippen LogP contribution in [0.1, 0.15) is 213 Å². The molecule has 0 aliphatic rings. The molecule has 0 heterocycles. The molecule has 0 fully saturated rings. The van der Waals surface area contributed by atoms with Gasteiger partial charge in [-0.25, -0.2) is 4.57 Å². The first-order valence-electron chi connectivity index (χ1n) is 22.9. The quantitative estimate of drug-likeness (QED) is 0.0216. The number of ether oxygens (including phenoxy) is 2. The van der Waals surface area contributed by atoms with Gasteiger partial charge in [-0.15, -0.1) is 0 Å². The van der Waals surface area contributed by atoms with E-state index in [-0.39, 0.29) is 25.8 Å². The number of hydrogen-bond acceptors (Lipinski definition) is 6. The Morgan fingerprint density at radius 2 is 0.963 bits per heavy atom. The Labute approximate surface area is 335 Å². The highest BCUT2D eigenvalue weighted by molar-refractivity contribution is 7.47. The van der Waals surface area contributed by atoms with Crippen molar-refractivity contribution in [3.8, 4) is 0 Å². The van der Waals surface area contributed by atoms with Crippen LogP contribution in [-0.2, 0) is 27.9 Å². The van der Waals surface area contributed by atoms with E-state index in [9.17, 15) is 14.3 Å². The lowest BCUT2D eigenvalue weighted by molar-refractivity contribution is -0.870. The molecule has 0 amide bonds. The minimum atomic E-state index is -4.27. The van der Waals surface area contributed by atoms with Gasteiger partial charge in [-0.3, -0.25) is 13.8 Å². The number of phosphoric acid groups is 1. The summed E-state index contributed by atoms with van der Waals surface area (Å²) in [7, 11) is 1.68. The number of carbonyl (C=O) groups excluding carboxylic acids is 1. The normalized spacial score (nSPS) is 13.8. The first-order chi connectivity index (χ1) is 26.1. The third-order valence-corrected chi connectivity index (χ3v) is 11.1. The molecule has 0 aromatic rings. The average Bonchev–Trinajstić information content (AvgIpc) is 3.12. The van der Waals surface area contributed by atoms with Crippen molar-refractivity contribution in [3.05, 3.63) is 12.2 Å². The molecule has 0 aliphatic heterocycles. The molecule has 0 spiro atoms. The van der Waals surface area contributed by atoms with Crippen LogP contribution in [0.5, 0.6) is 0 Å². The van der Waals surface area contributed by atoms with Gasteiger partial charge in [0.2, 0.25) is 0 Å². The molecule has 0 radical (unpaired) electrons. The summed E-state index contributed by atoms with van der Waals surface area (Å²) in [6.45, 7) is 5.65. The molecule has 322 valence electrons. The van der Waals surface area contributed by atoms with Crippen molar-refractivity contribution in [2.75, 3.05) is 54.1 Å². The Balaban J connectivity index is 4.13. The molecule has 9 heteroatoms. The van der Waals surface area contributed by atoms with E-state index < -0.39 is 13.9 Å². The summed E-state index contributed by atoms with van der Waals surface area (Å²) >= 11 is 0. The fourth-order valence-corrected chi connectivity index (χ4v) is 7.23. The second-order valence-corrected chi connectivity index (χ2v) is 18.2. The van der Waals surface area contributed by atoms with Crippen LogP contribution in [0.25, 0.3) is 0 Å². The van der Waals surface area contributed by atoms with Gasteiger partial charge < -0.3 is 18.9 Å². The fraction of sp³-hybridized carbons (Fsp3) is 0.933. The minimum Gasteiger partial charge on any atom is -0.457 e. The lowest BCUT2D eigenvalue weighted by atomic mass is 10.0. The Bertz CT molecular complexity index is 879. The second-order valence-electron chi connectivity index (χ2n) is 16.8. The Kier molecular flexibility index (Phi) is 38.5. The van der Waals surface area contributed by atoms with Gasteiger partial charge in [-0.1, -0.05) is 180 Å². The summed E-state index contributed by atoms with van der Waals surface area (Å²) in [4.78, 5) is 22.9. The smallest absolute Gasteiger partial charge is 0.457 e. The van der Waals surface area contributed by atoms with Crippen LogP contribution in [-0.4, -0.2) is 75.6 Å². The van der Waals surface area contributed by atoms with E-state index in [1.165, 1.54) is 161 Å². The van der Waals surface area contributed by atoms with Crippen molar-refractivity contribution in [1.29, 1.82) is 0 Å². The van der Waals surface area contributed by atoms with E-state index in [0.717, 1.165) is 32.1 Å². The number of rotatable bonds is 43. The molecule has 0 saturated carbocycles. The number of allylic oxidation sites excluding steroid dienone is 2. The molecular formula is C45H91NO7P+. The summed E-state index contributed by atoms with van der Waals surface area (Å²) in [5, 5.41) is 0. The molecule has 1 N–H and O–H groups in total. The Morgan fingerprint density at radius 3 is 1.41 bits per heavy atom. The highest BCUT2D eigenvalue weighted by Crippen LogP contribution is 2.43. The van der Waals surface area contributed by atoms with Gasteiger partial charge in [0.15, 0.2) is 0 Å². The van der Waals surface area contributed by atoms with Crippen molar-refractivity contribution < 1.29 is 37.3 Å². The van der Waals surface area contributed by atoms with Gasteiger partial charge in [-0.2, -0.15) is 0 Å². The van der Waals surface area contributed by atoms with Gasteiger partial charge >= 0.3 is 13.8 Å². The summed E-state index contributed by atoms with van der Waals surface area (Å²) in [6.07, 6.45) is 42.4. The Hall–Kier alpha value is -0.760. The summed E-state index contributed by atoms with van der Waals surface area (Å²) in [5.74, 6) is -0.311. The van der Waals surface area contributed by atoms with Crippen molar-refractivity contribution in [1.82, 2.24) is 0 Å². The molecule has 0 rings (SSSR count). The van der Waals surface area contributed by atoms with Gasteiger partial charge in [0.05, 0.1) is 34.4 Å². The van der Waals surface area contributed by atoms with Crippen molar-refractivity contribution in [2.45, 2.75) is 219 Å². The van der Waals surface area contributed by atoms with Crippen LogP contribution in [0, 0.1) is 0 Å². The van der Waals surface area contributed by atoms with Gasteiger partial charge in [0, 0.05) is 13.0 Å². The first kappa shape index (κ1) is 53.2. The molecule has 2 atom stereocenters. The van der Waals surface area contributed by atoms with E-state index in [4.69, 9.17) is 18.5 Å². The van der Waals surface area contributed by atoms with E-state index in [1.54, 1.807) is 0 Å². The van der Waals surface area contributed by atoms with Crippen LogP contribution in [0.2, 0.25) is 0 Å². The molecule has 54 heavy (non-hydrogen) atoms. The zero-order valence-electron chi connectivity index (χ0n) is 36.5. The van der Waals surface area contributed by atoms with E-state index >= 15 is 0 Å². The maximum Gasteiger partial charge on any atom is 0.472 e. The number of carbonyl (C=O) groups is 1. The SMILES string of the molecule is CCCCCCCC/C=C\CCCCCCCCCCCCOCC(COP(=O)(O)OCC[N+](C)(C)C)OC(=O)CCCCCCCCCCCCCC. The molecular weight excluding hydrogens is 697 g/mol. The zero-order chi connectivity index (χ0) is 39.9. The van der Waals surface area contributed by atoms with Crippen molar-refractivity contribution in [3.63, 3.8) is 0 Å². The van der Waals surface area contributed by atoms with Crippen LogP contribution in [0.15, 0.2) is 12.2 Å². The highest BCUT2D eigenvalue weighted by Gasteiger charge is 2.26. The van der Waals surface area contributed by atoms with Crippen LogP contribution >= 0.6 is 7.82 Å². The number of hydrogen-bond donors (Lipinski definition) is 1. The molecule has 0 saturated heterocycles. The molecule has 2 unspecified atom stereocenters. The highest BCUT2D eigenvalue weighted by atomic mass is 31.2. The molecule has 0 aromatic heterocycles. The van der Waals surface area contributed by atoms with Crippen LogP contribution < -0.4 is 0 Å². The summed E-state index contributed by atoms with van der Waals surface area (Å²) in [6, 6.07) is 0. The van der Waals surface area contributed by atoms with E-state index in [1.807, 2.05) is 21.1 Å². The van der Waals surface area contributed by atoms with Crippen molar-refractivity contribution in [2.24, 2.45) is 0 Å². The van der Waals surface area contributed by atoms with Crippen molar-refractivity contribution >= 4 is 13.8 Å². The molecule has 0 aromatic carbocycles. The lowest BCUT2D eigenvalue weighted by Gasteiger charge is -2.24. The zero-order valence-corrected chi connectivity index (χ0v) is 37.4. The topological polar surface area (TPSA) is 91.3 Å². The summed E-state index contributed by atoms with van der Waals surface area (Å²) < 4.78 is 35.0. The number of unbranched alkanes of at least 4 members (excludes halogenated alkanes) is 27. The maximum atomic E-state index is 12.7. The van der Waals surface area contributed by atoms with Crippen LogP contribution in [0.4, 0.5) is 0 Å². The maximum absolute atomic E-state index is 12.7. The monoisotopic (exact) mass is 789 g/mol. The molecule has 0 bridgehead atoms.